The summed E-state index contributed by atoms with van der Waals surface area (Å²) in [6, 6.07) is 6.27. The van der Waals surface area contributed by atoms with E-state index in [4.69, 9.17) is 0 Å². The van der Waals surface area contributed by atoms with Gasteiger partial charge in [-0.25, -0.2) is 14.4 Å². The lowest BCUT2D eigenvalue weighted by atomic mass is 10.1. The summed E-state index contributed by atoms with van der Waals surface area (Å²) < 4.78 is 12.8. The first-order valence-corrected chi connectivity index (χ1v) is 6.41. The SMILES string of the molecule is CC(C)Nc1nccc(C(=O)C(=O)c2ccc(F)cc2)n1. The van der Waals surface area contributed by atoms with Gasteiger partial charge in [0.15, 0.2) is 0 Å². The minimum Gasteiger partial charge on any atom is -0.352 e. The number of nitrogens with zero attached hydrogens (tertiary/aromatic N) is 2. The summed E-state index contributed by atoms with van der Waals surface area (Å²) in [5.41, 5.74) is 0.126. The molecule has 0 saturated heterocycles. The fourth-order valence-corrected chi connectivity index (χ4v) is 1.66. The van der Waals surface area contributed by atoms with Gasteiger partial charge in [0.05, 0.1) is 0 Å². The Morgan fingerprint density at radius 1 is 1.10 bits per heavy atom. The van der Waals surface area contributed by atoms with Crippen molar-refractivity contribution in [2.24, 2.45) is 0 Å². The van der Waals surface area contributed by atoms with E-state index >= 15 is 0 Å². The van der Waals surface area contributed by atoms with E-state index in [0.717, 1.165) is 12.1 Å². The first-order valence-electron chi connectivity index (χ1n) is 6.41. The van der Waals surface area contributed by atoms with Crippen molar-refractivity contribution >= 4 is 17.5 Å². The minimum atomic E-state index is -0.754. The highest BCUT2D eigenvalue weighted by Crippen LogP contribution is 2.09. The van der Waals surface area contributed by atoms with E-state index in [1.807, 2.05) is 13.8 Å². The Hall–Kier alpha value is -2.63. The number of rotatable bonds is 5. The molecule has 0 saturated carbocycles. The van der Waals surface area contributed by atoms with E-state index in [1.165, 1.54) is 24.4 Å². The molecule has 0 aliphatic carbocycles. The predicted octanol–water partition coefficient (Wildman–Crippen LogP) is 2.50. The van der Waals surface area contributed by atoms with E-state index in [0.29, 0.717) is 0 Å². The summed E-state index contributed by atoms with van der Waals surface area (Å²) in [5, 5.41) is 2.95. The molecule has 0 amide bonds. The third-order valence-corrected chi connectivity index (χ3v) is 2.62. The first kappa shape index (κ1) is 14.8. The number of carbonyl (C=O) groups excluding carboxylic acids is 2. The van der Waals surface area contributed by atoms with Gasteiger partial charge in [-0.15, -0.1) is 0 Å². The zero-order chi connectivity index (χ0) is 15.4. The number of hydrogen-bond acceptors (Lipinski definition) is 5. The fourth-order valence-electron chi connectivity index (χ4n) is 1.66. The van der Waals surface area contributed by atoms with Crippen molar-refractivity contribution in [1.29, 1.82) is 0 Å². The van der Waals surface area contributed by atoms with E-state index in [1.54, 1.807) is 0 Å². The average molecular weight is 287 g/mol. The van der Waals surface area contributed by atoms with Gasteiger partial charge in [0.1, 0.15) is 11.5 Å². The van der Waals surface area contributed by atoms with Crippen molar-refractivity contribution in [1.82, 2.24) is 9.97 Å². The second-order valence-corrected chi connectivity index (χ2v) is 4.73. The highest BCUT2D eigenvalue weighted by Gasteiger charge is 2.20. The lowest BCUT2D eigenvalue weighted by molar-refractivity contribution is 0.0814. The molecule has 0 atom stereocenters. The molecular weight excluding hydrogens is 273 g/mol. The zero-order valence-electron chi connectivity index (χ0n) is 11.6. The third-order valence-electron chi connectivity index (χ3n) is 2.62. The van der Waals surface area contributed by atoms with Crippen LogP contribution in [0.3, 0.4) is 0 Å². The molecule has 21 heavy (non-hydrogen) atoms. The third kappa shape index (κ3) is 3.68. The Labute approximate surface area is 121 Å². The molecule has 0 fully saturated rings. The van der Waals surface area contributed by atoms with Crippen LogP contribution >= 0.6 is 0 Å². The maximum absolute atomic E-state index is 12.8. The molecule has 6 heteroatoms. The van der Waals surface area contributed by atoms with E-state index in [-0.39, 0.29) is 23.2 Å². The number of carbonyl (C=O) groups is 2. The molecule has 2 aromatic rings. The summed E-state index contributed by atoms with van der Waals surface area (Å²) in [7, 11) is 0. The van der Waals surface area contributed by atoms with Crippen molar-refractivity contribution in [3.8, 4) is 0 Å². The van der Waals surface area contributed by atoms with Crippen LogP contribution in [0, 0.1) is 5.82 Å². The Balaban J connectivity index is 2.23. The minimum absolute atomic E-state index is 0.00229. The molecule has 1 N–H and O–H groups in total. The van der Waals surface area contributed by atoms with E-state index < -0.39 is 17.4 Å². The number of aromatic nitrogens is 2. The zero-order valence-corrected chi connectivity index (χ0v) is 11.6. The Morgan fingerprint density at radius 2 is 1.76 bits per heavy atom. The van der Waals surface area contributed by atoms with Gasteiger partial charge >= 0.3 is 0 Å². The van der Waals surface area contributed by atoms with Crippen molar-refractivity contribution in [3.05, 3.63) is 53.6 Å². The Bertz CT molecular complexity index is 669. The van der Waals surface area contributed by atoms with Gasteiger partial charge in [-0.1, -0.05) is 0 Å². The van der Waals surface area contributed by atoms with Crippen LogP contribution in [0.5, 0.6) is 0 Å². The van der Waals surface area contributed by atoms with Gasteiger partial charge in [-0.05, 0) is 44.2 Å². The van der Waals surface area contributed by atoms with Crippen LogP contribution in [0.25, 0.3) is 0 Å². The average Bonchev–Trinajstić information content (AvgIpc) is 2.46. The van der Waals surface area contributed by atoms with Crippen molar-refractivity contribution < 1.29 is 14.0 Å². The van der Waals surface area contributed by atoms with Crippen molar-refractivity contribution in [2.75, 3.05) is 5.32 Å². The fraction of sp³-hybridized carbons (Fsp3) is 0.200. The second kappa shape index (κ2) is 6.21. The number of hydrogen-bond donors (Lipinski definition) is 1. The molecule has 1 heterocycles. The molecule has 108 valence electrons. The normalized spacial score (nSPS) is 10.5. The lowest BCUT2D eigenvalue weighted by Crippen LogP contribution is -2.18. The first-order chi connectivity index (χ1) is 9.97. The Morgan fingerprint density at radius 3 is 2.38 bits per heavy atom. The highest BCUT2D eigenvalue weighted by molar-refractivity contribution is 6.48. The van der Waals surface area contributed by atoms with Gasteiger partial charge in [-0.3, -0.25) is 9.59 Å². The van der Waals surface area contributed by atoms with Crippen LogP contribution in [0.2, 0.25) is 0 Å². The number of benzene rings is 1. The summed E-state index contributed by atoms with van der Waals surface area (Å²) in [5.74, 6) is -1.67. The number of nitrogens with one attached hydrogen (secondary N) is 1. The second-order valence-electron chi connectivity index (χ2n) is 4.73. The number of Topliss-reactive ketones (excluding diaryl/α,β-unsaturated/α-hetero) is 2. The number of ketones is 2. The monoisotopic (exact) mass is 287 g/mol. The van der Waals surface area contributed by atoms with Gasteiger partial charge in [0, 0.05) is 17.8 Å². The smallest absolute Gasteiger partial charge is 0.252 e. The van der Waals surface area contributed by atoms with Crippen molar-refractivity contribution in [3.63, 3.8) is 0 Å². The summed E-state index contributed by atoms with van der Waals surface area (Å²) in [6.45, 7) is 3.81. The van der Waals surface area contributed by atoms with Crippen LogP contribution in [0.4, 0.5) is 10.3 Å². The van der Waals surface area contributed by atoms with Crippen LogP contribution in [-0.4, -0.2) is 27.6 Å². The summed E-state index contributed by atoms with van der Waals surface area (Å²) in [4.78, 5) is 32.1. The number of halogens is 1. The molecule has 0 spiro atoms. The standard InChI is InChI=1S/C15H14FN3O2/c1-9(2)18-15-17-8-7-12(19-15)14(21)13(20)10-3-5-11(16)6-4-10/h3-9H,1-2H3,(H,17,18,19). The van der Waals surface area contributed by atoms with Gasteiger partial charge in [0.25, 0.3) is 5.78 Å². The number of anilines is 1. The molecule has 1 aromatic carbocycles. The molecule has 2 rings (SSSR count). The van der Waals surface area contributed by atoms with E-state index in [2.05, 4.69) is 15.3 Å². The molecule has 0 bridgehead atoms. The van der Waals surface area contributed by atoms with Crippen LogP contribution < -0.4 is 5.32 Å². The topological polar surface area (TPSA) is 72.0 Å². The molecular formula is C15H14FN3O2. The predicted molar refractivity (Wildman–Crippen MR) is 75.9 cm³/mol. The molecule has 0 unspecified atom stereocenters. The van der Waals surface area contributed by atoms with E-state index in [9.17, 15) is 14.0 Å². The summed E-state index contributed by atoms with van der Waals surface area (Å²) >= 11 is 0. The van der Waals surface area contributed by atoms with Gasteiger partial charge < -0.3 is 5.32 Å². The highest BCUT2D eigenvalue weighted by atomic mass is 19.1. The quantitative estimate of drug-likeness (QED) is 0.675. The van der Waals surface area contributed by atoms with Gasteiger partial charge in [-0.2, -0.15) is 0 Å². The maximum Gasteiger partial charge on any atom is 0.252 e. The molecule has 0 radical (unpaired) electrons. The summed E-state index contributed by atoms with van der Waals surface area (Å²) in [6.07, 6.45) is 1.41. The van der Waals surface area contributed by atoms with Crippen LogP contribution in [0.1, 0.15) is 34.7 Å². The molecule has 0 aliphatic rings. The van der Waals surface area contributed by atoms with Gasteiger partial charge in [0.2, 0.25) is 11.7 Å². The van der Waals surface area contributed by atoms with Crippen molar-refractivity contribution in [2.45, 2.75) is 19.9 Å². The molecule has 1 aromatic heterocycles. The molecule has 5 nitrogen and oxygen atoms in total. The largest absolute Gasteiger partial charge is 0.352 e. The van der Waals surface area contributed by atoms with Crippen LogP contribution in [-0.2, 0) is 0 Å². The molecule has 0 aliphatic heterocycles. The maximum atomic E-state index is 12.8. The van der Waals surface area contributed by atoms with Crippen LogP contribution in [0.15, 0.2) is 36.5 Å². The lowest BCUT2D eigenvalue weighted by Gasteiger charge is -2.08. The Kier molecular flexibility index (Phi) is 4.37.